The number of ether oxygens (including phenoxy) is 2. The van der Waals surface area contributed by atoms with Crippen molar-refractivity contribution in [3.05, 3.63) is 35.9 Å². The van der Waals surface area contributed by atoms with Crippen molar-refractivity contribution < 1.29 is 29.0 Å². The molecule has 0 aliphatic carbocycles. The van der Waals surface area contributed by atoms with Gasteiger partial charge in [0, 0.05) is 0 Å². The quantitative estimate of drug-likeness (QED) is 0.541. The maximum absolute atomic E-state index is 11.7. The molecule has 1 unspecified atom stereocenters. The van der Waals surface area contributed by atoms with Crippen LogP contribution < -0.4 is 5.32 Å². The number of carboxylic acids is 1. The lowest BCUT2D eigenvalue weighted by molar-refractivity contribution is -0.150. The number of halogens is 3. The summed E-state index contributed by atoms with van der Waals surface area (Å²) in [6.45, 7) is -0.585. The summed E-state index contributed by atoms with van der Waals surface area (Å²) in [5.41, 5.74) is 0.743. The Bertz CT molecular complexity index is 576. The molecule has 0 aliphatic heterocycles. The summed E-state index contributed by atoms with van der Waals surface area (Å²) in [7, 11) is 0. The number of carboxylic acid groups (broad SMARTS) is 1. The predicted molar refractivity (Wildman–Crippen MR) is 87.1 cm³/mol. The molecule has 1 aromatic rings. The zero-order valence-electron chi connectivity index (χ0n) is 12.2. The van der Waals surface area contributed by atoms with Crippen molar-refractivity contribution in [3.8, 4) is 0 Å². The van der Waals surface area contributed by atoms with Crippen molar-refractivity contribution in [1.82, 2.24) is 5.32 Å². The van der Waals surface area contributed by atoms with Gasteiger partial charge in [0.25, 0.3) is 0 Å². The summed E-state index contributed by atoms with van der Waals surface area (Å²) < 4.78 is 7.65. The van der Waals surface area contributed by atoms with Crippen LogP contribution in [0, 0.1) is 0 Å². The number of rotatable bonds is 7. The first-order chi connectivity index (χ1) is 11.2. The Labute approximate surface area is 152 Å². The van der Waals surface area contributed by atoms with E-state index in [1.54, 1.807) is 30.3 Å². The standard InChI is InChI=1S/C14H14Cl3NO6/c15-14(16,17)8-24-13(22)18-10(12(20)21)6-11(19)23-7-9-4-2-1-3-5-9/h1-5,10H,6-8H2,(H,18,22)(H,20,21). The number of amides is 1. The molecule has 24 heavy (non-hydrogen) atoms. The van der Waals surface area contributed by atoms with Crippen molar-refractivity contribution in [3.63, 3.8) is 0 Å². The lowest BCUT2D eigenvalue weighted by Gasteiger charge is -2.16. The molecule has 0 fully saturated rings. The maximum atomic E-state index is 11.7. The lowest BCUT2D eigenvalue weighted by Crippen LogP contribution is -2.43. The van der Waals surface area contributed by atoms with Crippen LogP contribution in [0.3, 0.4) is 0 Å². The topological polar surface area (TPSA) is 102 Å². The minimum absolute atomic E-state index is 0.0102. The summed E-state index contributed by atoms with van der Waals surface area (Å²) in [6.07, 6.45) is -1.71. The molecule has 132 valence electrons. The van der Waals surface area contributed by atoms with Crippen molar-refractivity contribution in [2.45, 2.75) is 22.9 Å². The van der Waals surface area contributed by atoms with Gasteiger partial charge < -0.3 is 19.9 Å². The van der Waals surface area contributed by atoms with E-state index in [0.717, 1.165) is 5.56 Å². The molecule has 1 amide bonds. The zero-order valence-corrected chi connectivity index (χ0v) is 14.5. The Morgan fingerprint density at radius 1 is 1.12 bits per heavy atom. The van der Waals surface area contributed by atoms with Gasteiger partial charge in [-0.2, -0.15) is 0 Å². The van der Waals surface area contributed by atoms with Crippen LogP contribution in [0.1, 0.15) is 12.0 Å². The van der Waals surface area contributed by atoms with Gasteiger partial charge in [-0.05, 0) is 5.56 Å². The third kappa shape index (κ3) is 8.81. The highest BCUT2D eigenvalue weighted by atomic mass is 35.6. The normalized spacial score (nSPS) is 12.1. The third-order valence-electron chi connectivity index (χ3n) is 2.57. The first-order valence-corrected chi connectivity index (χ1v) is 7.73. The fourth-order valence-electron chi connectivity index (χ4n) is 1.50. The van der Waals surface area contributed by atoms with E-state index < -0.39 is 40.9 Å². The largest absolute Gasteiger partial charge is 0.480 e. The van der Waals surface area contributed by atoms with Crippen molar-refractivity contribution >= 4 is 52.8 Å². The van der Waals surface area contributed by atoms with E-state index in [4.69, 9.17) is 44.6 Å². The molecule has 7 nitrogen and oxygen atoms in total. The number of hydrogen-bond donors (Lipinski definition) is 2. The Morgan fingerprint density at radius 3 is 2.29 bits per heavy atom. The van der Waals surface area contributed by atoms with Crippen LogP contribution in [-0.4, -0.2) is 39.6 Å². The van der Waals surface area contributed by atoms with Crippen molar-refractivity contribution in [2.75, 3.05) is 6.61 Å². The van der Waals surface area contributed by atoms with E-state index in [0.29, 0.717) is 0 Å². The van der Waals surface area contributed by atoms with E-state index in [1.165, 1.54) is 0 Å². The molecule has 1 aromatic carbocycles. The van der Waals surface area contributed by atoms with Crippen LogP contribution in [0.5, 0.6) is 0 Å². The number of carbonyl (C=O) groups excluding carboxylic acids is 2. The molecule has 0 aliphatic rings. The van der Waals surface area contributed by atoms with Crippen LogP contribution in [-0.2, 0) is 25.7 Å². The average Bonchev–Trinajstić information content (AvgIpc) is 2.50. The van der Waals surface area contributed by atoms with Gasteiger partial charge in [-0.3, -0.25) is 4.79 Å². The summed E-state index contributed by atoms with van der Waals surface area (Å²) in [5.74, 6) is -2.23. The highest BCUT2D eigenvalue weighted by molar-refractivity contribution is 6.67. The first-order valence-electron chi connectivity index (χ1n) is 6.60. The van der Waals surface area contributed by atoms with Gasteiger partial charge in [-0.1, -0.05) is 65.1 Å². The smallest absolute Gasteiger partial charge is 0.408 e. The van der Waals surface area contributed by atoms with Gasteiger partial charge >= 0.3 is 18.0 Å². The molecule has 2 N–H and O–H groups in total. The second kappa shape index (κ2) is 9.56. The predicted octanol–water partition coefficient (Wildman–Crippen LogP) is 2.67. The van der Waals surface area contributed by atoms with Crippen molar-refractivity contribution in [1.29, 1.82) is 0 Å². The SMILES string of the molecule is O=C(CC(NC(=O)OCC(Cl)(Cl)Cl)C(=O)O)OCc1ccccc1. The Hall–Kier alpha value is -1.70. The molecule has 0 saturated heterocycles. The molecule has 0 bridgehead atoms. The summed E-state index contributed by atoms with van der Waals surface area (Å²) in [5, 5.41) is 11.0. The van der Waals surface area contributed by atoms with E-state index >= 15 is 0 Å². The second-order valence-corrected chi connectivity index (χ2v) is 7.09. The lowest BCUT2D eigenvalue weighted by atomic mass is 10.2. The molecule has 10 heteroatoms. The van der Waals surface area contributed by atoms with Gasteiger partial charge in [0.05, 0.1) is 6.42 Å². The molecule has 0 radical (unpaired) electrons. The highest BCUT2D eigenvalue weighted by Crippen LogP contribution is 2.25. The number of alkyl halides is 3. The first kappa shape index (κ1) is 20.3. The third-order valence-corrected chi connectivity index (χ3v) is 2.90. The van der Waals surface area contributed by atoms with E-state index in [1.807, 2.05) is 5.32 Å². The highest BCUT2D eigenvalue weighted by Gasteiger charge is 2.27. The van der Waals surface area contributed by atoms with E-state index in [9.17, 15) is 14.4 Å². The van der Waals surface area contributed by atoms with Gasteiger partial charge in [0.1, 0.15) is 19.3 Å². The second-order valence-electron chi connectivity index (χ2n) is 4.58. The van der Waals surface area contributed by atoms with Gasteiger partial charge in [-0.25, -0.2) is 9.59 Å². The average molecular weight is 399 g/mol. The molecular weight excluding hydrogens is 385 g/mol. The number of esters is 1. The molecular formula is C14H14Cl3NO6. The van der Waals surface area contributed by atoms with Gasteiger partial charge in [0.2, 0.25) is 3.79 Å². The minimum Gasteiger partial charge on any atom is -0.480 e. The molecule has 1 rings (SSSR count). The Morgan fingerprint density at radius 2 is 1.75 bits per heavy atom. The van der Waals surface area contributed by atoms with Gasteiger partial charge in [-0.15, -0.1) is 0 Å². The molecule has 0 spiro atoms. The summed E-state index contributed by atoms with van der Waals surface area (Å²) in [4.78, 5) is 34.2. The summed E-state index contributed by atoms with van der Waals surface area (Å²) in [6, 6.07) is 7.30. The Kier molecular flexibility index (Phi) is 8.10. The number of aliphatic carboxylic acids is 1. The van der Waals surface area contributed by atoms with Crippen LogP contribution in [0.4, 0.5) is 4.79 Å². The molecule has 0 aromatic heterocycles. The van der Waals surface area contributed by atoms with E-state index in [-0.39, 0.29) is 6.61 Å². The monoisotopic (exact) mass is 397 g/mol. The zero-order chi connectivity index (χ0) is 18.2. The van der Waals surface area contributed by atoms with Crippen LogP contribution in [0.25, 0.3) is 0 Å². The number of hydrogen-bond acceptors (Lipinski definition) is 5. The maximum Gasteiger partial charge on any atom is 0.408 e. The van der Waals surface area contributed by atoms with E-state index in [2.05, 4.69) is 4.74 Å². The van der Waals surface area contributed by atoms with Crippen molar-refractivity contribution in [2.24, 2.45) is 0 Å². The van der Waals surface area contributed by atoms with Crippen LogP contribution in [0.2, 0.25) is 0 Å². The molecule has 1 atom stereocenters. The summed E-state index contributed by atoms with van der Waals surface area (Å²) >= 11 is 16.2. The Balaban J connectivity index is 2.45. The molecule has 0 heterocycles. The van der Waals surface area contributed by atoms with Crippen LogP contribution >= 0.6 is 34.8 Å². The molecule has 0 saturated carbocycles. The van der Waals surface area contributed by atoms with Crippen LogP contribution in [0.15, 0.2) is 30.3 Å². The number of alkyl carbamates (subject to hydrolysis) is 1. The van der Waals surface area contributed by atoms with Gasteiger partial charge in [0.15, 0.2) is 0 Å². The number of nitrogens with one attached hydrogen (secondary N) is 1. The minimum atomic E-state index is -1.83. The fraction of sp³-hybridized carbons (Fsp3) is 0.357. The number of carbonyl (C=O) groups is 3. The fourth-order valence-corrected chi connectivity index (χ4v) is 1.66. The number of benzene rings is 1.